The molecule has 1 saturated heterocycles. The summed E-state index contributed by atoms with van der Waals surface area (Å²) >= 11 is 0. The Morgan fingerprint density at radius 1 is 1.33 bits per heavy atom. The lowest BCUT2D eigenvalue weighted by atomic mass is 9.83. The molecule has 1 amide bonds. The Balaban J connectivity index is 1.72. The van der Waals surface area contributed by atoms with Gasteiger partial charge in [0.2, 0.25) is 0 Å². The van der Waals surface area contributed by atoms with Gasteiger partial charge in [-0.2, -0.15) is 5.10 Å². The number of carbonyl (C=O) groups is 1. The Morgan fingerprint density at radius 3 is 2.62 bits per heavy atom. The first-order valence-corrected chi connectivity index (χ1v) is 7.12. The van der Waals surface area contributed by atoms with Crippen LogP contribution in [0.4, 0.5) is 0 Å². The molecular weight excluding hydrogens is 266 g/mol. The summed E-state index contributed by atoms with van der Waals surface area (Å²) < 4.78 is 0. The summed E-state index contributed by atoms with van der Waals surface area (Å²) in [6.45, 7) is 4.68. The third-order valence-corrected chi connectivity index (χ3v) is 4.17. The lowest BCUT2D eigenvalue weighted by Gasteiger charge is -2.48. The Bertz CT molecular complexity index is 643. The summed E-state index contributed by atoms with van der Waals surface area (Å²) in [5.74, 6) is 0.0261. The molecule has 2 heterocycles. The van der Waals surface area contributed by atoms with Crippen LogP contribution < -0.4 is 0 Å². The van der Waals surface area contributed by atoms with Crippen molar-refractivity contribution in [3.8, 4) is 11.3 Å². The van der Waals surface area contributed by atoms with Gasteiger partial charge in [0.05, 0.1) is 18.8 Å². The second-order valence-corrected chi connectivity index (χ2v) is 5.95. The van der Waals surface area contributed by atoms with E-state index >= 15 is 0 Å². The summed E-state index contributed by atoms with van der Waals surface area (Å²) in [7, 11) is 0. The number of β-amino-alcohol motifs (C(OH)–C–C–N with tert-alkyl or cyclic N) is 1. The van der Waals surface area contributed by atoms with Crippen LogP contribution >= 0.6 is 0 Å². The summed E-state index contributed by atoms with van der Waals surface area (Å²) in [4.78, 5) is 14.0. The fourth-order valence-corrected chi connectivity index (χ4v) is 2.48. The maximum absolute atomic E-state index is 12.3. The number of nitrogens with zero attached hydrogens (tertiary/aromatic N) is 2. The van der Waals surface area contributed by atoms with Crippen molar-refractivity contribution >= 4 is 5.91 Å². The number of carbonyl (C=O) groups excluding carboxylic acids is 1. The molecule has 1 aliphatic rings. The predicted octanol–water partition coefficient (Wildman–Crippen LogP) is 1.92. The van der Waals surface area contributed by atoms with E-state index in [1.807, 2.05) is 44.2 Å². The smallest absolute Gasteiger partial charge is 0.272 e. The first-order valence-electron chi connectivity index (χ1n) is 7.12. The van der Waals surface area contributed by atoms with Crippen LogP contribution in [0.15, 0.2) is 36.4 Å². The van der Waals surface area contributed by atoms with E-state index in [4.69, 9.17) is 0 Å². The summed E-state index contributed by atoms with van der Waals surface area (Å²) in [5, 5.41) is 17.2. The average molecular weight is 285 g/mol. The molecule has 0 atom stereocenters. The van der Waals surface area contributed by atoms with Crippen molar-refractivity contribution in [2.24, 2.45) is 5.92 Å². The summed E-state index contributed by atoms with van der Waals surface area (Å²) in [5.41, 5.74) is 1.42. The second-order valence-electron chi connectivity index (χ2n) is 5.95. The predicted molar refractivity (Wildman–Crippen MR) is 79.7 cm³/mol. The number of aromatic nitrogens is 2. The molecule has 5 nitrogen and oxygen atoms in total. The van der Waals surface area contributed by atoms with Crippen LogP contribution in [0.1, 0.15) is 24.3 Å². The molecule has 1 aliphatic heterocycles. The van der Waals surface area contributed by atoms with Gasteiger partial charge in [-0.1, -0.05) is 44.2 Å². The van der Waals surface area contributed by atoms with E-state index in [0.717, 1.165) is 11.3 Å². The van der Waals surface area contributed by atoms with Gasteiger partial charge in [0, 0.05) is 5.56 Å². The lowest BCUT2D eigenvalue weighted by molar-refractivity contribution is -0.111. The van der Waals surface area contributed by atoms with Gasteiger partial charge in [-0.25, -0.2) is 0 Å². The van der Waals surface area contributed by atoms with Crippen molar-refractivity contribution in [3.05, 3.63) is 42.1 Å². The number of benzene rings is 1. The van der Waals surface area contributed by atoms with E-state index in [2.05, 4.69) is 10.2 Å². The molecule has 110 valence electrons. The molecule has 0 unspecified atom stereocenters. The zero-order chi connectivity index (χ0) is 15.0. The van der Waals surface area contributed by atoms with E-state index in [1.54, 1.807) is 11.0 Å². The second kappa shape index (κ2) is 5.00. The van der Waals surface area contributed by atoms with Gasteiger partial charge in [-0.3, -0.25) is 9.89 Å². The van der Waals surface area contributed by atoms with E-state index in [1.165, 1.54) is 0 Å². The number of aromatic amines is 1. The normalized spacial score (nSPS) is 16.9. The van der Waals surface area contributed by atoms with Gasteiger partial charge in [0.25, 0.3) is 5.91 Å². The highest BCUT2D eigenvalue weighted by Crippen LogP contribution is 2.30. The Labute approximate surface area is 123 Å². The standard InChI is InChI=1S/C16H19N3O2/c1-11(2)16(21)9-19(10-16)15(20)14-8-13(17-18-14)12-6-4-3-5-7-12/h3-8,11,21H,9-10H2,1-2H3,(H,17,18). The molecule has 2 N–H and O–H groups in total. The van der Waals surface area contributed by atoms with E-state index in [0.29, 0.717) is 18.8 Å². The molecule has 0 aliphatic carbocycles. The van der Waals surface area contributed by atoms with Crippen LogP contribution in [-0.4, -0.2) is 44.8 Å². The van der Waals surface area contributed by atoms with Crippen molar-refractivity contribution < 1.29 is 9.90 Å². The Hall–Kier alpha value is -2.14. The van der Waals surface area contributed by atoms with Crippen molar-refractivity contribution in [1.82, 2.24) is 15.1 Å². The molecule has 0 bridgehead atoms. The van der Waals surface area contributed by atoms with E-state index < -0.39 is 5.60 Å². The van der Waals surface area contributed by atoms with Crippen LogP contribution in [-0.2, 0) is 0 Å². The fraction of sp³-hybridized carbons (Fsp3) is 0.375. The van der Waals surface area contributed by atoms with Crippen LogP contribution in [0.3, 0.4) is 0 Å². The minimum absolute atomic E-state index is 0.116. The van der Waals surface area contributed by atoms with Crippen molar-refractivity contribution in [1.29, 1.82) is 0 Å². The first kappa shape index (κ1) is 13.8. The molecule has 1 fully saturated rings. The third kappa shape index (κ3) is 2.45. The first-order chi connectivity index (χ1) is 9.99. The minimum Gasteiger partial charge on any atom is -0.386 e. The highest BCUT2D eigenvalue weighted by molar-refractivity contribution is 5.94. The largest absolute Gasteiger partial charge is 0.386 e. The molecule has 21 heavy (non-hydrogen) atoms. The van der Waals surface area contributed by atoms with E-state index in [9.17, 15) is 9.90 Å². The number of hydrogen-bond donors (Lipinski definition) is 2. The summed E-state index contributed by atoms with van der Waals surface area (Å²) in [6, 6.07) is 11.5. The minimum atomic E-state index is -0.752. The van der Waals surface area contributed by atoms with Crippen LogP contribution in [0.25, 0.3) is 11.3 Å². The van der Waals surface area contributed by atoms with Gasteiger partial charge in [0.1, 0.15) is 11.3 Å². The molecule has 1 aromatic heterocycles. The number of aliphatic hydroxyl groups is 1. The Morgan fingerprint density at radius 2 is 2.00 bits per heavy atom. The van der Waals surface area contributed by atoms with Crippen LogP contribution in [0.2, 0.25) is 0 Å². The maximum Gasteiger partial charge on any atom is 0.272 e. The highest BCUT2D eigenvalue weighted by atomic mass is 16.3. The van der Waals surface area contributed by atoms with Crippen molar-refractivity contribution in [3.63, 3.8) is 0 Å². The summed E-state index contributed by atoms with van der Waals surface area (Å²) in [6.07, 6.45) is 0. The van der Waals surface area contributed by atoms with Gasteiger partial charge in [-0.15, -0.1) is 0 Å². The van der Waals surface area contributed by atoms with Gasteiger partial charge >= 0.3 is 0 Å². The Kier molecular flexibility index (Phi) is 3.29. The molecule has 2 aromatic rings. The fourth-order valence-electron chi connectivity index (χ4n) is 2.48. The molecule has 0 saturated carbocycles. The maximum atomic E-state index is 12.3. The van der Waals surface area contributed by atoms with E-state index in [-0.39, 0.29) is 11.8 Å². The van der Waals surface area contributed by atoms with Crippen molar-refractivity contribution in [2.75, 3.05) is 13.1 Å². The third-order valence-electron chi connectivity index (χ3n) is 4.17. The number of H-pyrrole nitrogens is 1. The van der Waals surface area contributed by atoms with Crippen molar-refractivity contribution in [2.45, 2.75) is 19.4 Å². The number of nitrogens with one attached hydrogen (secondary N) is 1. The topological polar surface area (TPSA) is 69.2 Å². The average Bonchev–Trinajstić information content (AvgIpc) is 2.93. The number of amides is 1. The number of hydrogen-bond acceptors (Lipinski definition) is 3. The van der Waals surface area contributed by atoms with Gasteiger partial charge < -0.3 is 10.0 Å². The van der Waals surface area contributed by atoms with Crippen LogP contribution in [0.5, 0.6) is 0 Å². The molecular formula is C16H19N3O2. The number of rotatable bonds is 3. The quantitative estimate of drug-likeness (QED) is 0.905. The molecule has 5 heteroatoms. The van der Waals surface area contributed by atoms with Gasteiger partial charge in [0.15, 0.2) is 0 Å². The monoisotopic (exact) mass is 285 g/mol. The molecule has 3 rings (SSSR count). The highest BCUT2D eigenvalue weighted by Gasteiger charge is 2.46. The SMILES string of the molecule is CC(C)C1(O)CN(C(=O)c2cc(-c3ccccc3)n[nH]2)C1. The molecule has 0 radical (unpaired) electrons. The van der Waals surface area contributed by atoms with Gasteiger partial charge in [-0.05, 0) is 12.0 Å². The molecule has 0 spiro atoms. The molecule has 1 aromatic carbocycles. The lowest BCUT2D eigenvalue weighted by Crippen LogP contribution is -2.66. The number of likely N-dealkylation sites (tertiary alicyclic amines) is 1. The van der Waals surface area contributed by atoms with Crippen LogP contribution in [0, 0.1) is 5.92 Å². The zero-order valence-corrected chi connectivity index (χ0v) is 12.2. The zero-order valence-electron chi connectivity index (χ0n) is 12.2.